The summed E-state index contributed by atoms with van der Waals surface area (Å²) in [6, 6.07) is 3.24. The number of nitrogens with one attached hydrogen (secondary N) is 2. The summed E-state index contributed by atoms with van der Waals surface area (Å²) < 4.78 is 32.0. The first kappa shape index (κ1) is 17.3. The summed E-state index contributed by atoms with van der Waals surface area (Å²) in [5.74, 6) is 0. The van der Waals surface area contributed by atoms with Crippen molar-refractivity contribution in [3.8, 4) is 0 Å². The number of benzene rings is 1. The highest BCUT2D eigenvalue weighted by molar-refractivity contribution is 7.89. The van der Waals surface area contributed by atoms with Crippen molar-refractivity contribution in [2.45, 2.75) is 24.8 Å². The molecule has 0 fully saturated rings. The maximum atomic E-state index is 12.4. The maximum Gasteiger partial charge on any atom is 0.270 e. The van der Waals surface area contributed by atoms with Crippen molar-refractivity contribution >= 4 is 21.4 Å². The zero-order valence-electron chi connectivity index (χ0n) is 12.1. The number of sulfonamides is 1. The molecule has 0 aliphatic rings. The van der Waals surface area contributed by atoms with Crippen molar-refractivity contribution in [1.82, 2.24) is 4.72 Å². The molecule has 9 heteroatoms. The summed E-state index contributed by atoms with van der Waals surface area (Å²) in [4.78, 5) is 10.0. The van der Waals surface area contributed by atoms with Crippen molar-refractivity contribution in [3.63, 3.8) is 0 Å². The Labute approximate surface area is 123 Å². The Hall–Kier alpha value is -1.71. The number of rotatable bonds is 8. The molecule has 118 valence electrons. The van der Waals surface area contributed by atoms with E-state index in [0.29, 0.717) is 12.2 Å². The predicted molar refractivity (Wildman–Crippen MR) is 78.9 cm³/mol. The Bertz CT molecular complexity index is 603. The van der Waals surface area contributed by atoms with Crippen LogP contribution in [0.2, 0.25) is 0 Å². The van der Waals surface area contributed by atoms with Crippen LogP contribution < -0.4 is 10.0 Å². The van der Waals surface area contributed by atoms with Crippen molar-refractivity contribution in [3.05, 3.63) is 28.3 Å². The molecule has 1 atom stereocenters. The average Bonchev–Trinajstić information content (AvgIpc) is 2.38. The van der Waals surface area contributed by atoms with Crippen LogP contribution >= 0.6 is 0 Å². The highest BCUT2D eigenvalue weighted by Crippen LogP contribution is 2.26. The molecule has 0 saturated carbocycles. The van der Waals surface area contributed by atoms with E-state index in [1.165, 1.54) is 19.2 Å². The first-order chi connectivity index (χ1) is 9.81. The molecule has 0 radical (unpaired) electrons. The van der Waals surface area contributed by atoms with E-state index in [9.17, 15) is 18.5 Å². The second-order valence-electron chi connectivity index (χ2n) is 4.45. The molecule has 0 bridgehead atoms. The molecular weight excluding hydrogens is 298 g/mol. The van der Waals surface area contributed by atoms with E-state index >= 15 is 0 Å². The molecule has 0 aliphatic heterocycles. The maximum absolute atomic E-state index is 12.4. The van der Waals surface area contributed by atoms with Crippen molar-refractivity contribution in [2.75, 3.05) is 25.6 Å². The summed E-state index contributed by atoms with van der Waals surface area (Å²) in [5.41, 5.74) is 0.0386. The molecular formula is C12H19N3O5S. The minimum absolute atomic E-state index is 0.151. The van der Waals surface area contributed by atoms with Gasteiger partial charge in [-0.3, -0.25) is 10.1 Å². The minimum Gasteiger partial charge on any atom is -0.384 e. The number of non-ortho nitro benzene ring substituents is 1. The van der Waals surface area contributed by atoms with E-state index in [4.69, 9.17) is 4.74 Å². The second kappa shape index (κ2) is 7.34. The zero-order chi connectivity index (χ0) is 16.0. The number of anilines is 1. The number of hydrogen-bond donors (Lipinski definition) is 2. The fraction of sp³-hybridized carbons (Fsp3) is 0.500. The Morgan fingerprint density at radius 2 is 2.10 bits per heavy atom. The number of nitrogens with zero attached hydrogens (tertiary/aromatic N) is 1. The lowest BCUT2D eigenvalue weighted by atomic mass is 10.3. The SMILES string of the molecule is CCNc1ccc([N+](=O)[O-])cc1S(=O)(=O)NC(C)COC. The molecule has 0 heterocycles. The third-order valence-corrected chi connectivity index (χ3v) is 4.24. The van der Waals surface area contributed by atoms with Gasteiger partial charge in [0.25, 0.3) is 5.69 Å². The topological polar surface area (TPSA) is 111 Å². The highest BCUT2D eigenvalue weighted by atomic mass is 32.2. The first-order valence-electron chi connectivity index (χ1n) is 6.35. The quantitative estimate of drug-likeness (QED) is 0.553. The molecule has 1 aromatic rings. The van der Waals surface area contributed by atoms with Gasteiger partial charge in [-0.05, 0) is 19.9 Å². The lowest BCUT2D eigenvalue weighted by Crippen LogP contribution is -2.36. The van der Waals surface area contributed by atoms with Gasteiger partial charge in [0.05, 0.1) is 17.2 Å². The Morgan fingerprint density at radius 1 is 1.43 bits per heavy atom. The zero-order valence-corrected chi connectivity index (χ0v) is 12.9. The van der Waals surface area contributed by atoms with Crippen LogP contribution in [-0.2, 0) is 14.8 Å². The minimum atomic E-state index is -3.89. The number of nitro benzene ring substituents is 1. The molecule has 21 heavy (non-hydrogen) atoms. The highest BCUT2D eigenvalue weighted by Gasteiger charge is 2.23. The molecule has 0 aliphatic carbocycles. The molecule has 2 N–H and O–H groups in total. The second-order valence-corrected chi connectivity index (χ2v) is 6.13. The van der Waals surface area contributed by atoms with Crippen LogP contribution in [0.1, 0.15) is 13.8 Å². The summed E-state index contributed by atoms with van der Waals surface area (Å²) in [5, 5.41) is 13.7. The Morgan fingerprint density at radius 3 is 2.62 bits per heavy atom. The summed E-state index contributed by atoms with van der Waals surface area (Å²) in [6.07, 6.45) is 0. The average molecular weight is 317 g/mol. The molecule has 0 aromatic heterocycles. The number of ether oxygens (including phenoxy) is 1. The van der Waals surface area contributed by atoms with Crippen LogP contribution in [0.15, 0.2) is 23.1 Å². The first-order valence-corrected chi connectivity index (χ1v) is 7.83. The van der Waals surface area contributed by atoms with Gasteiger partial charge in [0.15, 0.2) is 0 Å². The van der Waals surface area contributed by atoms with Gasteiger partial charge in [-0.15, -0.1) is 0 Å². The normalized spacial score (nSPS) is 12.9. The van der Waals surface area contributed by atoms with Crippen molar-refractivity contribution in [1.29, 1.82) is 0 Å². The largest absolute Gasteiger partial charge is 0.384 e. The molecule has 0 spiro atoms. The fourth-order valence-electron chi connectivity index (χ4n) is 1.80. The smallest absolute Gasteiger partial charge is 0.270 e. The van der Waals surface area contributed by atoms with E-state index in [0.717, 1.165) is 6.07 Å². The van der Waals surface area contributed by atoms with Gasteiger partial charge in [0.1, 0.15) is 4.90 Å². The summed E-state index contributed by atoms with van der Waals surface area (Å²) in [6.45, 7) is 4.14. The van der Waals surface area contributed by atoms with Gasteiger partial charge in [-0.1, -0.05) is 0 Å². The van der Waals surface area contributed by atoms with Crippen LogP contribution in [0, 0.1) is 10.1 Å². The van der Waals surface area contributed by atoms with Gasteiger partial charge < -0.3 is 10.1 Å². The van der Waals surface area contributed by atoms with Crippen LogP contribution in [0.4, 0.5) is 11.4 Å². The van der Waals surface area contributed by atoms with Gasteiger partial charge in [0, 0.05) is 31.8 Å². The number of hydrogen-bond acceptors (Lipinski definition) is 6. The van der Waals surface area contributed by atoms with Gasteiger partial charge in [0.2, 0.25) is 10.0 Å². The Balaban J connectivity index is 3.23. The third kappa shape index (κ3) is 4.66. The Kier molecular flexibility index (Phi) is 6.06. The molecule has 1 rings (SSSR count). The van der Waals surface area contributed by atoms with E-state index in [-0.39, 0.29) is 17.2 Å². The van der Waals surface area contributed by atoms with Gasteiger partial charge in [-0.2, -0.15) is 0 Å². The fourth-order valence-corrected chi connectivity index (χ4v) is 3.23. The van der Waals surface area contributed by atoms with Crippen LogP contribution in [0.25, 0.3) is 0 Å². The van der Waals surface area contributed by atoms with Crippen molar-refractivity contribution in [2.24, 2.45) is 0 Å². The van der Waals surface area contributed by atoms with E-state index < -0.39 is 21.0 Å². The number of methoxy groups -OCH3 is 1. The third-order valence-electron chi connectivity index (χ3n) is 2.61. The van der Waals surface area contributed by atoms with Gasteiger partial charge in [-0.25, -0.2) is 13.1 Å². The monoisotopic (exact) mass is 317 g/mol. The van der Waals surface area contributed by atoms with Crippen molar-refractivity contribution < 1.29 is 18.1 Å². The van der Waals surface area contributed by atoms with Crippen LogP contribution in [-0.4, -0.2) is 39.6 Å². The molecule has 8 nitrogen and oxygen atoms in total. The molecule has 1 aromatic carbocycles. The van der Waals surface area contributed by atoms with Crippen LogP contribution in [0.5, 0.6) is 0 Å². The standard InChI is InChI=1S/C12H19N3O5S/c1-4-13-11-6-5-10(15(16)17)7-12(11)21(18,19)14-9(2)8-20-3/h5-7,9,13-14H,4,8H2,1-3H3. The lowest BCUT2D eigenvalue weighted by Gasteiger charge is -2.16. The van der Waals surface area contributed by atoms with Gasteiger partial charge >= 0.3 is 0 Å². The van der Waals surface area contributed by atoms with Crippen LogP contribution in [0.3, 0.4) is 0 Å². The molecule has 1 unspecified atom stereocenters. The lowest BCUT2D eigenvalue weighted by molar-refractivity contribution is -0.385. The van der Waals surface area contributed by atoms with E-state index in [2.05, 4.69) is 10.0 Å². The number of nitro groups is 1. The predicted octanol–water partition coefficient (Wildman–Crippen LogP) is 1.34. The molecule has 0 saturated heterocycles. The summed E-state index contributed by atoms with van der Waals surface area (Å²) >= 11 is 0. The molecule has 0 amide bonds. The van der Waals surface area contributed by atoms with E-state index in [1.54, 1.807) is 13.8 Å². The van der Waals surface area contributed by atoms with E-state index in [1.807, 2.05) is 0 Å². The summed E-state index contributed by atoms with van der Waals surface area (Å²) in [7, 11) is -2.43.